The minimum Gasteiger partial charge on any atom is -0.477 e. The number of nitrogens with two attached hydrogens (primary N) is 1. The Morgan fingerprint density at radius 3 is 2.67 bits per heavy atom. The topological polar surface area (TPSA) is 85.5 Å². The number of pyridine rings is 1. The number of rotatable bonds is 3. The van der Waals surface area contributed by atoms with E-state index in [1.54, 1.807) is 34.4 Å². The number of fused-ring (bicyclic) bond motifs is 2. The molecule has 0 radical (unpaired) electrons. The van der Waals surface area contributed by atoms with Crippen molar-refractivity contribution in [2.45, 2.75) is 6.10 Å². The molecule has 6 nitrogen and oxygen atoms in total. The molecule has 4 aromatic rings. The van der Waals surface area contributed by atoms with Crippen LogP contribution in [0.2, 0.25) is 0 Å². The number of amides is 2. The summed E-state index contributed by atoms with van der Waals surface area (Å²) in [5.74, 6) is -0.382. The highest BCUT2D eigenvalue weighted by Crippen LogP contribution is 2.35. The first-order valence-corrected chi connectivity index (χ1v) is 10.3. The van der Waals surface area contributed by atoms with E-state index in [-0.39, 0.29) is 12.5 Å². The monoisotopic (exact) mass is 415 g/mol. The van der Waals surface area contributed by atoms with Gasteiger partial charge in [0, 0.05) is 5.39 Å². The number of para-hydroxylation sites is 3. The van der Waals surface area contributed by atoms with Gasteiger partial charge in [0.05, 0.1) is 33.9 Å². The second kappa shape index (κ2) is 7.27. The Bertz CT molecular complexity index is 1270. The lowest BCUT2D eigenvalue weighted by Crippen LogP contribution is -2.49. The van der Waals surface area contributed by atoms with Crippen LogP contribution in [0.15, 0.2) is 72.1 Å². The van der Waals surface area contributed by atoms with Crippen LogP contribution in [0.4, 0.5) is 5.69 Å². The molecule has 1 aliphatic rings. The summed E-state index contributed by atoms with van der Waals surface area (Å²) in [7, 11) is 0. The predicted octanol–water partition coefficient (Wildman–Crippen LogP) is 3.86. The largest absolute Gasteiger partial charge is 0.477 e. The lowest BCUT2D eigenvalue weighted by Gasteiger charge is -2.33. The van der Waals surface area contributed by atoms with Gasteiger partial charge in [-0.1, -0.05) is 36.4 Å². The molecule has 7 heteroatoms. The molecule has 0 saturated heterocycles. The van der Waals surface area contributed by atoms with Crippen molar-refractivity contribution in [2.75, 3.05) is 11.4 Å². The maximum absolute atomic E-state index is 13.8. The lowest BCUT2D eigenvalue weighted by molar-refractivity contribution is -0.124. The Kier molecular flexibility index (Phi) is 4.44. The van der Waals surface area contributed by atoms with Crippen LogP contribution in [-0.4, -0.2) is 29.4 Å². The average Bonchev–Trinajstić information content (AvgIpc) is 3.32. The van der Waals surface area contributed by atoms with E-state index < -0.39 is 12.0 Å². The molecule has 1 atom stereocenters. The normalized spacial score (nSPS) is 15.5. The summed E-state index contributed by atoms with van der Waals surface area (Å²) in [6.07, 6.45) is -0.909. The van der Waals surface area contributed by atoms with Gasteiger partial charge in [-0.05, 0) is 35.7 Å². The van der Waals surface area contributed by atoms with Gasteiger partial charge < -0.3 is 15.4 Å². The zero-order chi connectivity index (χ0) is 20.7. The van der Waals surface area contributed by atoms with Crippen molar-refractivity contribution in [3.8, 4) is 16.3 Å². The van der Waals surface area contributed by atoms with Crippen molar-refractivity contribution < 1.29 is 14.3 Å². The Morgan fingerprint density at radius 1 is 1.07 bits per heavy atom. The summed E-state index contributed by atoms with van der Waals surface area (Å²) < 4.78 is 5.70. The number of carbonyl (C=O) groups excluding carboxylic acids is 2. The van der Waals surface area contributed by atoms with Gasteiger partial charge in [0.15, 0.2) is 6.10 Å². The van der Waals surface area contributed by atoms with Crippen molar-refractivity contribution in [1.82, 2.24) is 4.98 Å². The van der Waals surface area contributed by atoms with Crippen LogP contribution < -0.4 is 15.4 Å². The van der Waals surface area contributed by atoms with Gasteiger partial charge in [-0.2, -0.15) is 0 Å². The Morgan fingerprint density at radius 2 is 1.87 bits per heavy atom. The van der Waals surface area contributed by atoms with Gasteiger partial charge in [0.1, 0.15) is 5.75 Å². The fourth-order valence-corrected chi connectivity index (χ4v) is 4.31. The molecule has 1 unspecified atom stereocenters. The van der Waals surface area contributed by atoms with E-state index in [1.807, 2.05) is 53.9 Å². The van der Waals surface area contributed by atoms with Crippen molar-refractivity contribution in [3.05, 3.63) is 77.7 Å². The van der Waals surface area contributed by atoms with Gasteiger partial charge in [-0.3, -0.25) is 9.59 Å². The molecule has 0 spiro atoms. The van der Waals surface area contributed by atoms with Gasteiger partial charge in [-0.25, -0.2) is 4.98 Å². The molecule has 5 rings (SSSR count). The van der Waals surface area contributed by atoms with Crippen molar-refractivity contribution in [2.24, 2.45) is 5.73 Å². The fraction of sp³-hybridized carbons (Fsp3) is 0.0870. The van der Waals surface area contributed by atoms with Crippen molar-refractivity contribution in [3.63, 3.8) is 0 Å². The molecule has 0 aliphatic carbocycles. The minimum atomic E-state index is -0.909. The first-order valence-electron chi connectivity index (χ1n) is 9.42. The number of hydrogen-bond donors (Lipinski definition) is 1. The van der Waals surface area contributed by atoms with Crippen LogP contribution in [0, 0.1) is 0 Å². The van der Waals surface area contributed by atoms with Crippen molar-refractivity contribution >= 4 is 39.7 Å². The van der Waals surface area contributed by atoms with Gasteiger partial charge in [-0.15, -0.1) is 11.3 Å². The Balaban J connectivity index is 1.67. The van der Waals surface area contributed by atoms with E-state index in [1.165, 1.54) is 0 Å². The third-order valence-electron chi connectivity index (χ3n) is 5.06. The van der Waals surface area contributed by atoms with E-state index in [0.717, 1.165) is 21.5 Å². The number of nitrogens with zero attached hydrogens (tertiary/aromatic N) is 2. The summed E-state index contributed by atoms with van der Waals surface area (Å²) in [4.78, 5) is 32.9. The summed E-state index contributed by atoms with van der Waals surface area (Å²) in [5.41, 5.74) is 8.09. The molecule has 148 valence electrons. The molecule has 3 heterocycles. The molecular weight excluding hydrogens is 398 g/mol. The average molecular weight is 415 g/mol. The number of primary amides is 1. The number of anilines is 1. The van der Waals surface area contributed by atoms with E-state index in [0.29, 0.717) is 17.0 Å². The van der Waals surface area contributed by atoms with Crippen LogP contribution >= 0.6 is 11.3 Å². The van der Waals surface area contributed by atoms with Crippen LogP contribution in [0.5, 0.6) is 5.75 Å². The minimum absolute atomic E-state index is 0.0518. The van der Waals surface area contributed by atoms with Gasteiger partial charge in [0.2, 0.25) is 0 Å². The van der Waals surface area contributed by atoms with Crippen molar-refractivity contribution in [1.29, 1.82) is 0 Å². The number of benzene rings is 2. The molecule has 1 aliphatic heterocycles. The highest BCUT2D eigenvalue weighted by atomic mass is 32.1. The van der Waals surface area contributed by atoms with Gasteiger partial charge in [0.25, 0.3) is 11.8 Å². The summed E-state index contributed by atoms with van der Waals surface area (Å²) in [6, 6.07) is 20.4. The standard InChI is InChI=1S/C23H17N3O3S/c24-22(27)20-13-26(18-8-3-4-9-19(18)29-20)23(28)15-12-17(21-10-5-11-30-21)25-16-7-2-1-6-14(15)16/h1-12,20H,13H2,(H2,24,27). The molecule has 2 aromatic carbocycles. The van der Waals surface area contributed by atoms with Gasteiger partial charge >= 0.3 is 0 Å². The number of hydrogen-bond acceptors (Lipinski definition) is 5. The Hall–Kier alpha value is -3.71. The molecular formula is C23H17N3O3S. The predicted molar refractivity (Wildman–Crippen MR) is 117 cm³/mol. The third-order valence-corrected chi connectivity index (χ3v) is 5.95. The lowest BCUT2D eigenvalue weighted by atomic mass is 10.0. The first kappa shape index (κ1) is 18.3. The molecule has 2 N–H and O–H groups in total. The molecule has 0 bridgehead atoms. The first-order chi connectivity index (χ1) is 14.6. The number of aromatic nitrogens is 1. The SMILES string of the molecule is NC(=O)C1CN(C(=O)c2cc(-c3cccs3)nc3ccccc23)c2ccccc2O1. The second-order valence-electron chi connectivity index (χ2n) is 6.94. The summed E-state index contributed by atoms with van der Waals surface area (Å²) in [6.45, 7) is 0.0518. The molecule has 2 amide bonds. The molecule has 2 aromatic heterocycles. The third kappa shape index (κ3) is 3.09. The van der Waals surface area contributed by atoms with Crippen LogP contribution in [0.25, 0.3) is 21.5 Å². The van der Waals surface area contributed by atoms with E-state index in [4.69, 9.17) is 15.5 Å². The number of carbonyl (C=O) groups is 2. The highest BCUT2D eigenvalue weighted by molar-refractivity contribution is 7.13. The summed E-state index contributed by atoms with van der Waals surface area (Å²) in [5, 5.41) is 2.73. The zero-order valence-corrected chi connectivity index (χ0v) is 16.6. The number of ether oxygens (including phenoxy) is 1. The molecule has 0 fully saturated rings. The van der Waals surface area contributed by atoms with E-state index in [2.05, 4.69) is 0 Å². The molecule has 0 saturated carbocycles. The smallest absolute Gasteiger partial charge is 0.260 e. The van der Waals surface area contributed by atoms with Crippen LogP contribution in [-0.2, 0) is 4.79 Å². The maximum atomic E-state index is 13.8. The fourth-order valence-electron chi connectivity index (χ4n) is 3.62. The van der Waals surface area contributed by atoms with Crippen LogP contribution in [0.1, 0.15) is 10.4 Å². The maximum Gasteiger partial charge on any atom is 0.260 e. The molecule has 30 heavy (non-hydrogen) atoms. The number of thiophene rings is 1. The quantitative estimate of drug-likeness (QED) is 0.551. The zero-order valence-electron chi connectivity index (χ0n) is 15.8. The summed E-state index contributed by atoms with van der Waals surface area (Å²) >= 11 is 1.56. The van der Waals surface area contributed by atoms with E-state index in [9.17, 15) is 9.59 Å². The van der Waals surface area contributed by atoms with E-state index >= 15 is 0 Å². The second-order valence-corrected chi connectivity index (χ2v) is 7.89. The van der Waals surface area contributed by atoms with Crippen LogP contribution in [0.3, 0.4) is 0 Å². The Labute approximate surface area is 176 Å². The highest BCUT2D eigenvalue weighted by Gasteiger charge is 2.33.